The average Bonchev–Trinajstić information content (AvgIpc) is 2.53. The number of carbonyl (C=O) groups is 1. The first-order valence-corrected chi connectivity index (χ1v) is 7.72. The topological polar surface area (TPSA) is 54.0 Å². The van der Waals surface area contributed by atoms with E-state index in [-0.39, 0.29) is 5.91 Å². The van der Waals surface area contributed by atoms with E-state index in [1.54, 1.807) is 12.3 Å². The van der Waals surface area contributed by atoms with Crippen molar-refractivity contribution < 1.29 is 4.79 Å². The first kappa shape index (κ1) is 16.0. The molecule has 0 aliphatic rings. The Hall–Kier alpha value is -2.36. The zero-order chi connectivity index (χ0) is 15.9. The van der Waals surface area contributed by atoms with Crippen LogP contribution in [0.4, 0.5) is 11.4 Å². The van der Waals surface area contributed by atoms with Gasteiger partial charge < -0.3 is 10.6 Å². The molecule has 0 bridgehead atoms. The SMILES string of the molecule is CCCNc1ccnc(C(=O)Nc2ccccc2C(C)C)c1. The van der Waals surface area contributed by atoms with Crippen LogP contribution in [0.25, 0.3) is 0 Å². The van der Waals surface area contributed by atoms with Crippen molar-refractivity contribution in [3.05, 3.63) is 53.9 Å². The highest BCUT2D eigenvalue weighted by Gasteiger charge is 2.12. The molecule has 0 saturated heterocycles. The number of hydrogen-bond donors (Lipinski definition) is 2. The van der Waals surface area contributed by atoms with E-state index in [4.69, 9.17) is 0 Å². The summed E-state index contributed by atoms with van der Waals surface area (Å²) in [6.07, 6.45) is 2.69. The Balaban J connectivity index is 2.16. The summed E-state index contributed by atoms with van der Waals surface area (Å²) >= 11 is 0. The van der Waals surface area contributed by atoms with Gasteiger partial charge in [0.25, 0.3) is 5.91 Å². The third kappa shape index (κ3) is 4.07. The van der Waals surface area contributed by atoms with Crippen LogP contribution in [-0.2, 0) is 0 Å². The summed E-state index contributed by atoms with van der Waals surface area (Å²) in [5.74, 6) is 0.162. The Labute approximate surface area is 132 Å². The monoisotopic (exact) mass is 297 g/mol. The minimum Gasteiger partial charge on any atom is -0.385 e. The predicted octanol–water partition coefficient (Wildman–Crippen LogP) is 4.28. The van der Waals surface area contributed by atoms with Crippen molar-refractivity contribution in [2.45, 2.75) is 33.1 Å². The highest BCUT2D eigenvalue weighted by molar-refractivity contribution is 6.03. The van der Waals surface area contributed by atoms with Crippen molar-refractivity contribution >= 4 is 17.3 Å². The van der Waals surface area contributed by atoms with E-state index >= 15 is 0 Å². The normalized spacial score (nSPS) is 10.5. The minimum atomic E-state index is -0.187. The fraction of sp³-hybridized carbons (Fsp3) is 0.333. The van der Waals surface area contributed by atoms with Gasteiger partial charge in [-0.05, 0) is 36.1 Å². The van der Waals surface area contributed by atoms with Crippen LogP contribution in [0.2, 0.25) is 0 Å². The van der Waals surface area contributed by atoms with E-state index in [9.17, 15) is 4.79 Å². The van der Waals surface area contributed by atoms with Gasteiger partial charge in [0.2, 0.25) is 0 Å². The maximum atomic E-state index is 12.4. The first-order chi connectivity index (χ1) is 10.6. The second-order valence-corrected chi connectivity index (χ2v) is 5.55. The standard InChI is InChI=1S/C18H23N3O/c1-4-10-19-14-9-11-20-17(12-14)18(22)21-16-8-6-5-7-15(16)13(2)3/h5-9,11-13H,4,10H2,1-3H3,(H,19,20)(H,21,22). The van der Waals surface area contributed by atoms with Crippen molar-refractivity contribution in [3.8, 4) is 0 Å². The number of para-hydroxylation sites is 1. The van der Waals surface area contributed by atoms with Crippen molar-refractivity contribution in [2.24, 2.45) is 0 Å². The summed E-state index contributed by atoms with van der Waals surface area (Å²) in [6.45, 7) is 7.20. The molecule has 1 aromatic heterocycles. The molecule has 0 spiro atoms. The van der Waals surface area contributed by atoms with Crippen LogP contribution in [0.1, 0.15) is 49.2 Å². The molecule has 0 fully saturated rings. The van der Waals surface area contributed by atoms with Crippen molar-refractivity contribution in [1.29, 1.82) is 0 Å². The third-order valence-corrected chi connectivity index (χ3v) is 3.40. The Morgan fingerprint density at radius 1 is 1.23 bits per heavy atom. The summed E-state index contributed by atoms with van der Waals surface area (Å²) in [5.41, 5.74) is 3.30. The maximum Gasteiger partial charge on any atom is 0.274 e. The maximum absolute atomic E-state index is 12.4. The van der Waals surface area contributed by atoms with Gasteiger partial charge in [0, 0.05) is 24.1 Å². The number of carbonyl (C=O) groups excluding carboxylic acids is 1. The molecule has 4 nitrogen and oxygen atoms in total. The lowest BCUT2D eigenvalue weighted by Crippen LogP contribution is -2.15. The number of pyridine rings is 1. The van der Waals surface area contributed by atoms with Crippen molar-refractivity contribution in [3.63, 3.8) is 0 Å². The van der Waals surface area contributed by atoms with Gasteiger partial charge >= 0.3 is 0 Å². The molecule has 1 heterocycles. The van der Waals surface area contributed by atoms with Crippen LogP contribution in [0, 0.1) is 0 Å². The van der Waals surface area contributed by atoms with Crippen molar-refractivity contribution in [2.75, 3.05) is 17.2 Å². The smallest absolute Gasteiger partial charge is 0.274 e. The van der Waals surface area contributed by atoms with E-state index in [0.717, 1.165) is 29.9 Å². The molecule has 1 amide bonds. The van der Waals surface area contributed by atoms with Crippen LogP contribution in [0.5, 0.6) is 0 Å². The van der Waals surface area contributed by atoms with Crippen LogP contribution < -0.4 is 10.6 Å². The number of nitrogens with one attached hydrogen (secondary N) is 2. The van der Waals surface area contributed by atoms with Gasteiger partial charge in [0.05, 0.1) is 0 Å². The number of nitrogens with zero attached hydrogens (tertiary/aromatic N) is 1. The number of amides is 1. The van der Waals surface area contributed by atoms with Crippen LogP contribution in [0.15, 0.2) is 42.6 Å². The van der Waals surface area contributed by atoms with Gasteiger partial charge in [-0.15, -0.1) is 0 Å². The van der Waals surface area contributed by atoms with Crippen LogP contribution in [0.3, 0.4) is 0 Å². The van der Waals surface area contributed by atoms with E-state index in [1.165, 1.54) is 0 Å². The minimum absolute atomic E-state index is 0.187. The van der Waals surface area contributed by atoms with Crippen LogP contribution in [-0.4, -0.2) is 17.4 Å². The van der Waals surface area contributed by atoms with Crippen molar-refractivity contribution in [1.82, 2.24) is 4.98 Å². The molecule has 2 aromatic rings. The molecular weight excluding hydrogens is 274 g/mol. The molecule has 4 heteroatoms. The lowest BCUT2D eigenvalue weighted by molar-refractivity contribution is 0.102. The molecular formula is C18H23N3O. The van der Waals surface area contributed by atoms with Gasteiger partial charge in [-0.2, -0.15) is 0 Å². The number of aromatic nitrogens is 1. The third-order valence-electron chi connectivity index (χ3n) is 3.40. The Morgan fingerprint density at radius 3 is 2.73 bits per heavy atom. The highest BCUT2D eigenvalue weighted by atomic mass is 16.1. The quantitative estimate of drug-likeness (QED) is 0.836. The molecule has 2 N–H and O–H groups in total. The fourth-order valence-corrected chi connectivity index (χ4v) is 2.23. The number of anilines is 2. The first-order valence-electron chi connectivity index (χ1n) is 7.72. The Kier molecular flexibility index (Phi) is 5.53. The molecule has 22 heavy (non-hydrogen) atoms. The molecule has 1 aromatic carbocycles. The summed E-state index contributed by atoms with van der Waals surface area (Å²) in [6, 6.07) is 11.5. The summed E-state index contributed by atoms with van der Waals surface area (Å²) in [7, 11) is 0. The second kappa shape index (κ2) is 7.59. The van der Waals surface area contributed by atoms with Gasteiger partial charge in [-0.1, -0.05) is 39.0 Å². The highest BCUT2D eigenvalue weighted by Crippen LogP contribution is 2.24. The Bertz CT molecular complexity index is 638. The molecule has 0 saturated carbocycles. The molecule has 0 radical (unpaired) electrons. The summed E-state index contributed by atoms with van der Waals surface area (Å²) < 4.78 is 0. The predicted molar refractivity (Wildman–Crippen MR) is 91.5 cm³/mol. The van der Waals surface area contributed by atoms with Crippen LogP contribution >= 0.6 is 0 Å². The molecule has 2 rings (SSSR count). The fourth-order valence-electron chi connectivity index (χ4n) is 2.23. The summed E-state index contributed by atoms with van der Waals surface area (Å²) in [4.78, 5) is 16.6. The Morgan fingerprint density at radius 2 is 2.00 bits per heavy atom. The van der Waals surface area contributed by atoms with Gasteiger partial charge in [0.15, 0.2) is 0 Å². The number of hydrogen-bond acceptors (Lipinski definition) is 3. The number of rotatable bonds is 6. The van der Waals surface area contributed by atoms with Gasteiger partial charge in [-0.3, -0.25) is 9.78 Å². The zero-order valence-electron chi connectivity index (χ0n) is 13.4. The number of benzene rings is 1. The van der Waals surface area contributed by atoms with E-state index in [2.05, 4.69) is 36.4 Å². The largest absolute Gasteiger partial charge is 0.385 e. The van der Waals surface area contributed by atoms with E-state index < -0.39 is 0 Å². The molecule has 0 aliphatic heterocycles. The average molecular weight is 297 g/mol. The zero-order valence-corrected chi connectivity index (χ0v) is 13.4. The van der Waals surface area contributed by atoms with Gasteiger partial charge in [-0.25, -0.2) is 0 Å². The molecule has 116 valence electrons. The lowest BCUT2D eigenvalue weighted by atomic mass is 10.0. The molecule has 0 aliphatic carbocycles. The van der Waals surface area contributed by atoms with E-state index in [1.807, 2.05) is 30.3 Å². The lowest BCUT2D eigenvalue weighted by Gasteiger charge is -2.13. The van der Waals surface area contributed by atoms with E-state index in [0.29, 0.717) is 11.6 Å². The summed E-state index contributed by atoms with van der Waals surface area (Å²) in [5, 5.41) is 6.23. The molecule has 0 unspecified atom stereocenters. The second-order valence-electron chi connectivity index (χ2n) is 5.55. The molecule has 0 atom stereocenters. The van der Waals surface area contributed by atoms with Gasteiger partial charge in [0.1, 0.15) is 5.69 Å².